The number of halogens is 4. The van der Waals surface area contributed by atoms with Gasteiger partial charge >= 0.3 is 0 Å². The van der Waals surface area contributed by atoms with Gasteiger partial charge in [-0.05, 0) is 31.4 Å². The van der Waals surface area contributed by atoms with Gasteiger partial charge in [0.2, 0.25) is 0 Å². The first-order valence-electron chi connectivity index (χ1n) is 5.26. The van der Waals surface area contributed by atoms with E-state index in [1.165, 1.54) is 0 Å². The van der Waals surface area contributed by atoms with Crippen LogP contribution in [0.15, 0.2) is 35.3 Å². The number of hydrogen-bond donors (Lipinski definition) is 0. The summed E-state index contributed by atoms with van der Waals surface area (Å²) in [6, 6.07) is 9.50. The molecule has 0 N–H and O–H groups in total. The van der Waals surface area contributed by atoms with Gasteiger partial charge in [-0.25, -0.2) is 0 Å². The molecule has 0 saturated heterocycles. The van der Waals surface area contributed by atoms with E-state index in [4.69, 9.17) is 46.4 Å². The third kappa shape index (κ3) is 7.15. The molecule has 0 aliphatic heterocycles. The van der Waals surface area contributed by atoms with Gasteiger partial charge in [-0.15, -0.1) is 23.2 Å². The fourth-order valence-electron chi connectivity index (χ4n) is 1.24. The molecule has 0 bridgehead atoms. The third-order valence-corrected chi connectivity index (χ3v) is 3.10. The van der Waals surface area contributed by atoms with Gasteiger partial charge < -0.3 is 0 Å². The van der Waals surface area contributed by atoms with Crippen molar-refractivity contribution in [2.75, 3.05) is 0 Å². The maximum Gasteiger partial charge on any atom is 0.153 e. The largest absolute Gasteiger partial charge is 0.258 e. The molecule has 1 nitrogen and oxygen atoms in total. The summed E-state index contributed by atoms with van der Waals surface area (Å²) >= 11 is 23.4. The summed E-state index contributed by atoms with van der Waals surface area (Å²) < 4.78 is -0.974. The van der Waals surface area contributed by atoms with Gasteiger partial charge in [0, 0.05) is 6.21 Å². The summed E-state index contributed by atoms with van der Waals surface area (Å²) in [6.07, 6.45) is 3.54. The van der Waals surface area contributed by atoms with Crippen molar-refractivity contribution in [2.24, 2.45) is 4.99 Å². The van der Waals surface area contributed by atoms with Crippen molar-refractivity contribution in [1.82, 2.24) is 0 Å². The zero-order chi connectivity index (χ0) is 12.7. The Morgan fingerprint density at radius 2 is 1.82 bits per heavy atom. The predicted octanol–water partition coefficient (Wildman–Crippen LogP) is 5.54. The van der Waals surface area contributed by atoms with Crippen molar-refractivity contribution < 1.29 is 0 Å². The highest BCUT2D eigenvalue weighted by molar-refractivity contribution is 6.56. The zero-order valence-corrected chi connectivity index (χ0v) is 12.1. The fourth-order valence-corrected chi connectivity index (χ4v) is 1.91. The van der Waals surface area contributed by atoms with Crippen LogP contribution < -0.4 is 0 Å². The molecule has 0 radical (unpaired) electrons. The predicted molar refractivity (Wildman–Crippen MR) is 78.4 cm³/mol. The summed E-state index contributed by atoms with van der Waals surface area (Å²) in [5.41, 5.74) is 0.825. The number of alkyl halides is 4. The molecule has 1 rings (SSSR count). The number of para-hydroxylation sites is 1. The lowest BCUT2D eigenvalue weighted by molar-refractivity contribution is 0.713. The maximum absolute atomic E-state index is 6.10. The summed E-state index contributed by atoms with van der Waals surface area (Å²) in [4.78, 5) is 3.85. The lowest BCUT2D eigenvalue weighted by Gasteiger charge is -2.13. The Morgan fingerprint density at radius 1 is 1.18 bits per heavy atom. The molecule has 5 heteroatoms. The minimum Gasteiger partial charge on any atom is -0.258 e. The number of nitrogens with zero attached hydrogens (tertiary/aromatic N) is 1. The van der Waals surface area contributed by atoms with Crippen LogP contribution >= 0.6 is 46.4 Å². The molecule has 0 heterocycles. The fraction of sp³-hybridized carbons (Fsp3) is 0.417. The van der Waals surface area contributed by atoms with Gasteiger partial charge in [0.1, 0.15) is 4.84 Å². The second kappa shape index (κ2) is 7.48. The van der Waals surface area contributed by atoms with E-state index in [0.29, 0.717) is 12.8 Å². The van der Waals surface area contributed by atoms with Crippen molar-refractivity contribution >= 4 is 58.3 Å². The molecular formula is C12H13Cl4N. The number of hydrogen-bond acceptors (Lipinski definition) is 1. The molecule has 17 heavy (non-hydrogen) atoms. The minimum absolute atomic E-state index is 0.370. The Hall–Kier alpha value is 0.0500. The van der Waals surface area contributed by atoms with E-state index in [1.54, 1.807) is 6.21 Å². The monoisotopic (exact) mass is 311 g/mol. The van der Waals surface area contributed by atoms with Crippen molar-refractivity contribution in [3.05, 3.63) is 30.3 Å². The third-order valence-electron chi connectivity index (χ3n) is 2.09. The van der Waals surface area contributed by atoms with Crippen LogP contribution in [-0.2, 0) is 0 Å². The van der Waals surface area contributed by atoms with E-state index in [1.807, 2.05) is 30.3 Å². The lowest BCUT2D eigenvalue weighted by atomic mass is 10.2. The zero-order valence-electron chi connectivity index (χ0n) is 9.12. The molecule has 1 aromatic rings. The van der Waals surface area contributed by atoms with Gasteiger partial charge in [-0.1, -0.05) is 41.4 Å². The van der Waals surface area contributed by atoms with Crippen LogP contribution in [0.3, 0.4) is 0 Å². The molecule has 0 aromatic heterocycles. The van der Waals surface area contributed by atoms with Crippen molar-refractivity contribution in [1.29, 1.82) is 0 Å². The van der Waals surface area contributed by atoms with Crippen LogP contribution in [0.25, 0.3) is 0 Å². The molecule has 0 fully saturated rings. The first-order valence-corrected chi connectivity index (χ1v) is 6.89. The normalized spacial score (nSPS) is 12.5. The number of rotatable bonds is 6. The van der Waals surface area contributed by atoms with Crippen LogP contribution in [0.2, 0.25) is 0 Å². The Balaban J connectivity index is 2.45. The highest BCUT2D eigenvalue weighted by Gasteiger charge is 2.21. The Labute approximate surface area is 122 Å². The smallest absolute Gasteiger partial charge is 0.153 e. The molecule has 0 aliphatic rings. The van der Waals surface area contributed by atoms with Gasteiger partial charge in [-0.3, -0.25) is 4.99 Å². The molecule has 1 aromatic carbocycles. The average molecular weight is 313 g/mol. The van der Waals surface area contributed by atoms with E-state index in [-0.39, 0.29) is 4.84 Å². The van der Waals surface area contributed by atoms with Gasteiger partial charge in [-0.2, -0.15) is 0 Å². The van der Waals surface area contributed by atoms with E-state index >= 15 is 0 Å². The first-order chi connectivity index (χ1) is 7.99. The molecule has 94 valence electrons. The second-order valence-corrected chi connectivity index (χ2v) is 6.46. The molecule has 0 saturated carbocycles. The highest BCUT2D eigenvalue weighted by atomic mass is 35.5. The van der Waals surface area contributed by atoms with Crippen LogP contribution in [0.4, 0.5) is 5.69 Å². The van der Waals surface area contributed by atoms with Gasteiger partial charge in [0.15, 0.2) is 4.33 Å². The molecular weight excluding hydrogens is 300 g/mol. The van der Waals surface area contributed by atoms with Crippen LogP contribution in [0.1, 0.15) is 19.3 Å². The lowest BCUT2D eigenvalue weighted by Crippen LogP contribution is -2.14. The van der Waals surface area contributed by atoms with Crippen LogP contribution in [0, 0.1) is 0 Å². The maximum atomic E-state index is 6.10. The summed E-state index contributed by atoms with van der Waals surface area (Å²) in [7, 11) is 0. The van der Waals surface area contributed by atoms with Crippen molar-refractivity contribution in [3.63, 3.8) is 0 Å². The van der Waals surface area contributed by atoms with Crippen molar-refractivity contribution in [2.45, 2.75) is 28.4 Å². The van der Waals surface area contributed by atoms with Crippen LogP contribution in [-0.4, -0.2) is 15.4 Å². The minimum atomic E-state index is -0.974. The number of aliphatic imine (C=N–C) groups is 1. The Kier molecular flexibility index (Phi) is 6.65. The highest BCUT2D eigenvalue weighted by Crippen LogP contribution is 2.28. The van der Waals surface area contributed by atoms with E-state index in [0.717, 1.165) is 12.1 Å². The topological polar surface area (TPSA) is 12.4 Å². The standard InChI is InChI=1S/C12H13Cl4N/c13-11(14)7-4-8-12(15,16)9-17-10-5-2-1-3-6-10/h1-3,5-6,9,11H,4,7-8H2. The average Bonchev–Trinajstić information content (AvgIpc) is 2.27. The molecule has 0 amide bonds. The molecule has 0 unspecified atom stereocenters. The van der Waals surface area contributed by atoms with Crippen LogP contribution in [0.5, 0.6) is 0 Å². The SMILES string of the molecule is ClC(Cl)CCCC(Cl)(Cl)C=Nc1ccccc1. The van der Waals surface area contributed by atoms with E-state index in [9.17, 15) is 0 Å². The Morgan fingerprint density at radius 3 is 2.41 bits per heavy atom. The Bertz CT molecular complexity index is 349. The first kappa shape index (κ1) is 15.1. The molecule has 0 atom stereocenters. The van der Waals surface area contributed by atoms with E-state index < -0.39 is 4.33 Å². The summed E-state index contributed by atoms with van der Waals surface area (Å²) in [6.45, 7) is 0. The quantitative estimate of drug-likeness (QED) is 0.483. The molecule has 0 spiro atoms. The van der Waals surface area contributed by atoms with Crippen molar-refractivity contribution in [3.8, 4) is 0 Å². The van der Waals surface area contributed by atoms with Gasteiger partial charge in [0.25, 0.3) is 0 Å². The van der Waals surface area contributed by atoms with E-state index in [2.05, 4.69) is 4.99 Å². The van der Waals surface area contributed by atoms with Gasteiger partial charge in [0.05, 0.1) is 5.69 Å². The number of benzene rings is 1. The second-order valence-electron chi connectivity index (χ2n) is 3.64. The summed E-state index contributed by atoms with van der Waals surface area (Å²) in [5, 5.41) is 0. The molecule has 0 aliphatic carbocycles. The summed E-state index contributed by atoms with van der Waals surface area (Å²) in [5.74, 6) is 0.